The van der Waals surface area contributed by atoms with Gasteiger partial charge in [-0.15, -0.1) is 0 Å². The summed E-state index contributed by atoms with van der Waals surface area (Å²) in [6.07, 6.45) is 1.27. The Balaban J connectivity index is 2.04. The fourth-order valence-corrected chi connectivity index (χ4v) is 8.80. The van der Waals surface area contributed by atoms with E-state index in [2.05, 4.69) is 94.1 Å². The topological polar surface area (TPSA) is 9.23 Å². The molecule has 0 amide bonds. The monoisotopic (exact) mass is 356 g/mol. The SMILES string of the molecule is CC(C)(C)[Si](OCC1CC1CS)(c1ccccc1)c1ccccc1. The first-order valence-electron chi connectivity index (χ1n) is 8.85. The van der Waals surface area contributed by atoms with Gasteiger partial charge in [-0.25, -0.2) is 0 Å². The van der Waals surface area contributed by atoms with Gasteiger partial charge in [-0.05, 0) is 39.4 Å². The molecule has 0 saturated heterocycles. The summed E-state index contributed by atoms with van der Waals surface area (Å²) in [4.78, 5) is 0. The molecule has 0 aromatic heterocycles. The van der Waals surface area contributed by atoms with Crippen LogP contribution in [0.1, 0.15) is 27.2 Å². The molecule has 2 aromatic carbocycles. The predicted octanol–water partition coefficient (Wildman–Crippen LogP) is 4.13. The zero-order valence-corrected chi connectivity index (χ0v) is 16.8. The van der Waals surface area contributed by atoms with Crippen LogP contribution in [0.2, 0.25) is 5.04 Å². The Morgan fingerprint density at radius 1 is 0.917 bits per heavy atom. The van der Waals surface area contributed by atoms with Crippen LogP contribution in [0.4, 0.5) is 0 Å². The van der Waals surface area contributed by atoms with Crippen molar-refractivity contribution in [2.75, 3.05) is 12.4 Å². The Morgan fingerprint density at radius 3 is 1.79 bits per heavy atom. The van der Waals surface area contributed by atoms with Crippen molar-refractivity contribution in [3.8, 4) is 0 Å². The fraction of sp³-hybridized carbons (Fsp3) is 0.429. The summed E-state index contributed by atoms with van der Waals surface area (Å²) in [5, 5.41) is 2.81. The average Bonchev–Trinajstić information content (AvgIpc) is 3.35. The van der Waals surface area contributed by atoms with E-state index in [-0.39, 0.29) is 5.04 Å². The Hall–Kier alpha value is -1.03. The third kappa shape index (κ3) is 3.35. The van der Waals surface area contributed by atoms with Crippen LogP contribution < -0.4 is 10.4 Å². The van der Waals surface area contributed by atoms with Gasteiger partial charge in [0.15, 0.2) is 0 Å². The predicted molar refractivity (Wildman–Crippen MR) is 109 cm³/mol. The van der Waals surface area contributed by atoms with Gasteiger partial charge in [0.25, 0.3) is 8.32 Å². The minimum absolute atomic E-state index is 0.0705. The number of thiol groups is 1. The van der Waals surface area contributed by atoms with E-state index < -0.39 is 8.32 Å². The van der Waals surface area contributed by atoms with Gasteiger partial charge in [0, 0.05) is 6.61 Å². The minimum atomic E-state index is -2.34. The van der Waals surface area contributed by atoms with Gasteiger partial charge >= 0.3 is 0 Å². The highest BCUT2D eigenvalue weighted by Crippen LogP contribution is 2.42. The van der Waals surface area contributed by atoms with E-state index in [0.717, 1.165) is 18.3 Å². The van der Waals surface area contributed by atoms with E-state index in [1.165, 1.54) is 16.8 Å². The van der Waals surface area contributed by atoms with Crippen LogP contribution in [0.25, 0.3) is 0 Å². The average molecular weight is 357 g/mol. The highest BCUT2D eigenvalue weighted by Gasteiger charge is 2.51. The second-order valence-corrected chi connectivity index (χ2v) is 12.6. The molecule has 2 unspecified atom stereocenters. The van der Waals surface area contributed by atoms with Crippen molar-refractivity contribution in [1.29, 1.82) is 0 Å². The van der Waals surface area contributed by atoms with Gasteiger partial charge in [0.05, 0.1) is 0 Å². The first kappa shape index (κ1) is 17.8. The van der Waals surface area contributed by atoms with E-state index in [0.29, 0.717) is 5.92 Å². The molecule has 2 aromatic rings. The highest BCUT2D eigenvalue weighted by molar-refractivity contribution is 7.80. The van der Waals surface area contributed by atoms with Crippen LogP contribution in [0.3, 0.4) is 0 Å². The maximum atomic E-state index is 6.93. The molecule has 1 aliphatic rings. The van der Waals surface area contributed by atoms with Crippen LogP contribution in [0.5, 0.6) is 0 Å². The molecule has 1 saturated carbocycles. The van der Waals surface area contributed by atoms with Crippen LogP contribution in [0.15, 0.2) is 60.7 Å². The standard InChI is InChI=1S/C21H28OSSi/c1-21(2,3)24(19-10-6-4-7-11-19,20-12-8-5-9-13-20)22-15-17-14-18(17)16-23/h4-13,17-18,23H,14-16H2,1-3H3. The molecule has 0 bridgehead atoms. The zero-order chi connectivity index (χ0) is 17.2. The summed E-state index contributed by atoms with van der Waals surface area (Å²) in [6, 6.07) is 21.8. The molecular weight excluding hydrogens is 328 g/mol. The summed E-state index contributed by atoms with van der Waals surface area (Å²) >= 11 is 4.46. The summed E-state index contributed by atoms with van der Waals surface area (Å²) in [5.41, 5.74) is 0. The molecule has 2 atom stereocenters. The molecule has 1 fully saturated rings. The molecule has 24 heavy (non-hydrogen) atoms. The molecular formula is C21H28OSSi. The van der Waals surface area contributed by atoms with Crippen molar-refractivity contribution in [3.05, 3.63) is 60.7 Å². The summed E-state index contributed by atoms with van der Waals surface area (Å²) in [6.45, 7) is 7.87. The van der Waals surface area contributed by atoms with E-state index in [9.17, 15) is 0 Å². The van der Waals surface area contributed by atoms with Crippen molar-refractivity contribution < 1.29 is 4.43 Å². The molecule has 0 aliphatic heterocycles. The van der Waals surface area contributed by atoms with E-state index >= 15 is 0 Å². The van der Waals surface area contributed by atoms with Crippen molar-refractivity contribution in [2.24, 2.45) is 11.8 Å². The lowest BCUT2D eigenvalue weighted by Gasteiger charge is -2.43. The molecule has 128 valence electrons. The second kappa shape index (κ2) is 7.07. The van der Waals surface area contributed by atoms with Crippen LogP contribution in [-0.2, 0) is 4.43 Å². The summed E-state index contributed by atoms with van der Waals surface area (Å²) in [5.74, 6) is 2.41. The molecule has 0 heterocycles. The van der Waals surface area contributed by atoms with Gasteiger partial charge in [0.1, 0.15) is 0 Å². The smallest absolute Gasteiger partial charge is 0.261 e. The van der Waals surface area contributed by atoms with Gasteiger partial charge in [-0.1, -0.05) is 81.4 Å². The highest BCUT2D eigenvalue weighted by atomic mass is 32.1. The lowest BCUT2D eigenvalue weighted by atomic mass is 10.2. The quantitative estimate of drug-likeness (QED) is 0.605. The summed E-state index contributed by atoms with van der Waals surface area (Å²) < 4.78 is 6.93. The van der Waals surface area contributed by atoms with Gasteiger partial charge in [0.2, 0.25) is 0 Å². The number of hydrogen-bond acceptors (Lipinski definition) is 2. The lowest BCUT2D eigenvalue weighted by Crippen LogP contribution is -2.66. The van der Waals surface area contributed by atoms with E-state index in [4.69, 9.17) is 4.43 Å². The van der Waals surface area contributed by atoms with Gasteiger partial charge in [-0.3, -0.25) is 0 Å². The maximum Gasteiger partial charge on any atom is 0.261 e. The number of benzene rings is 2. The van der Waals surface area contributed by atoms with E-state index in [1.807, 2.05) is 0 Å². The Bertz CT molecular complexity index is 611. The third-order valence-corrected chi connectivity index (χ3v) is 10.7. The zero-order valence-electron chi connectivity index (χ0n) is 14.9. The second-order valence-electron chi connectivity index (χ2n) is 7.91. The molecule has 3 heteroatoms. The Morgan fingerprint density at radius 2 is 1.42 bits per heavy atom. The van der Waals surface area contributed by atoms with Crippen LogP contribution >= 0.6 is 12.6 Å². The summed E-state index contributed by atoms with van der Waals surface area (Å²) in [7, 11) is -2.34. The first-order chi connectivity index (χ1) is 11.5. The number of hydrogen-bond donors (Lipinski definition) is 1. The fourth-order valence-electron chi connectivity index (χ4n) is 3.73. The molecule has 0 radical (unpaired) electrons. The van der Waals surface area contributed by atoms with Gasteiger partial charge < -0.3 is 4.43 Å². The van der Waals surface area contributed by atoms with E-state index in [1.54, 1.807) is 0 Å². The Kier molecular flexibility index (Phi) is 5.23. The molecule has 1 aliphatic carbocycles. The molecule has 1 nitrogen and oxygen atoms in total. The van der Waals surface area contributed by atoms with Crippen LogP contribution in [0, 0.1) is 11.8 Å². The van der Waals surface area contributed by atoms with Gasteiger partial charge in [-0.2, -0.15) is 12.6 Å². The first-order valence-corrected chi connectivity index (χ1v) is 11.4. The van der Waals surface area contributed by atoms with Crippen molar-refractivity contribution in [1.82, 2.24) is 0 Å². The molecule has 3 rings (SSSR count). The largest absolute Gasteiger partial charge is 0.407 e. The Labute approximate surface area is 153 Å². The van der Waals surface area contributed by atoms with Crippen LogP contribution in [-0.4, -0.2) is 20.7 Å². The number of rotatable bonds is 6. The normalized spacial score (nSPS) is 20.8. The minimum Gasteiger partial charge on any atom is -0.407 e. The third-order valence-electron chi connectivity index (χ3n) is 5.23. The molecule has 0 N–H and O–H groups in total. The lowest BCUT2D eigenvalue weighted by molar-refractivity contribution is 0.276. The maximum absolute atomic E-state index is 6.93. The van der Waals surface area contributed by atoms with Crippen molar-refractivity contribution in [3.63, 3.8) is 0 Å². The van der Waals surface area contributed by atoms with Crippen molar-refractivity contribution in [2.45, 2.75) is 32.2 Å². The van der Waals surface area contributed by atoms with Crippen molar-refractivity contribution >= 4 is 31.3 Å². The molecule has 0 spiro atoms.